The van der Waals surface area contributed by atoms with Gasteiger partial charge in [-0.2, -0.15) is 4.39 Å². The molecule has 2 N–H and O–H groups in total. The van der Waals surface area contributed by atoms with E-state index in [0.717, 1.165) is 18.2 Å². The molecule has 2 aromatic carbocycles. The summed E-state index contributed by atoms with van der Waals surface area (Å²) in [6, 6.07) is 8.04. The second kappa shape index (κ2) is 6.88. The van der Waals surface area contributed by atoms with Gasteiger partial charge in [-0.05, 0) is 42.5 Å². The van der Waals surface area contributed by atoms with Crippen LogP contribution in [-0.4, -0.2) is 15.9 Å². The first-order valence-corrected chi connectivity index (χ1v) is 6.59. The van der Waals surface area contributed by atoms with Gasteiger partial charge in [-0.1, -0.05) is 6.07 Å². The maximum absolute atomic E-state index is 13.2. The summed E-state index contributed by atoms with van der Waals surface area (Å²) in [5.74, 6) is -2.22. The van der Waals surface area contributed by atoms with Crippen molar-refractivity contribution < 1.29 is 18.5 Å². The molecule has 1 amide bonds. The Morgan fingerprint density at radius 1 is 1.17 bits per heavy atom. The standard InChI is InChI=1S/C14H9F2N3O3S/c15-9-3-1-2-8(6-9)13(20)18-14(23)17-10-4-5-11(16)12(7-10)19(21)22/h1-7H,(H2,17,18,20,23). The lowest BCUT2D eigenvalue weighted by Gasteiger charge is -2.09. The zero-order chi connectivity index (χ0) is 17.0. The first-order valence-electron chi connectivity index (χ1n) is 6.18. The van der Waals surface area contributed by atoms with Crippen molar-refractivity contribution in [3.63, 3.8) is 0 Å². The van der Waals surface area contributed by atoms with E-state index in [-0.39, 0.29) is 16.4 Å². The number of amides is 1. The van der Waals surface area contributed by atoms with Crippen molar-refractivity contribution in [3.05, 3.63) is 69.8 Å². The van der Waals surface area contributed by atoms with Gasteiger partial charge < -0.3 is 5.32 Å². The van der Waals surface area contributed by atoms with Gasteiger partial charge in [0.05, 0.1) is 4.92 Å². The SMILES string of the molecule is O=C(NC(=S)Nc1ccc(F)c([N+](=O)[O-])c1)c1cccc(F)c1. The number of anilines is 1. The fourth-order valence-corrected chi connectivity index (χ4v) is 1.91. The number of thiocarbonyl (C=S) groups is 1. The second-order valence-electron chi connectivity index (χ2n) is 4.34. The van der Waals surface area contributed by atoms with Crippen LogP contribution < -0.4 is 10.6 Å². The predicted octanol–water partition coefficient (Wildman–Crippen LogP) is 3.00. The van der Waals surface area contributed by atoms with Crippen molar-refractivity contribution >= 4 is 34.6 Å². The Morgan fingerprint density at radius 2 is 1.91 bits per heavy atom. The van der Waals surface area contributed by atoms with E-state index in [1.54, 1.807) is 0 Å². The Balaban J connectivity index is 2.06. The normalized spacial score (nSPS) is 10.0. The highest BCUT2D eigenvalue weighted by Crippen LogP contribution is 2.21. The molecule has 2 rings (SSSR count). The van der Waals surface area contributed by atoms with Gasteiger partial charge in [-0.25, -0.2) is 4.39 Å². The number of carbonyl (C=O) groups is 1. The number of hydrogen-bond donors (Lipinski definition) is 2. The summed E-state index contributed by atoms with van der Waals surface area (Å²) in [4.78, 5) is 21.6. The van der Waals surface area contributed by atoms with Gasteiger partial charge in [0, 0.05) is 17.3 Å². The van der Waals surface area contributed by atoms with Gasteiger partial charge in [0.25, 0.3) is 5.91 Å². The number of nitro benzene ring substituents is 1. The summed E-state index contributed by atoms with van der Waals surface area (Å²) in [5, 5.41) is 15.3. The summed E-state index contributed by atoms with van der Waals surface area (Å²) in [7, 11) is 0. The molecule has 0 aromatic heterocycles. The van der Waals surface area contributed by atoms with Gasteiger partial charge in [0.15, 0.2) is 5.11 Å². The summed E-state index contributed by atoms with van der Waals surface area (Å²) >= 11 is 4.89. The molecule has 6 nitrogen and oxygen atoms in total. The van der Waals surface area contributed by atoms with E-state index < -0.39 is 28.2 Å². The number of nitrogens with one attached hydrogen (secondary N) is 2. The largest absolute Gasteiger partial charge is 0.332 e. The first-order chi connectivity index (χ1) is 10.9. The zero-order valence-electron chi connectivity index (χ0n) is 11.4. The molecular weight excluding hydrogens is 328 g/mol. The summed E-state index contributed by atoms with van der Waals surface area (Å²) in [6.07, 6.45) is 0. The number of nitrogens with zero attached hydrogens (tertiary/aromatic N) is 1. The lowest BCUT2D eigenvalue weighted by Crippen LogP contribution is -2.34. The molecule has 0 bridgehead atoms. The average molecular weight is 337 g/mol. The molecule has 23 heavy (non-hydrogen) atoms. The lowest BCUT2D eigenvalue weighted by molar-refractivity contribution is -0.387. The molecule has 9 heteroatoms. The Hall–Kier alpha value is -2.94. The van der Waals surface area contributed by atoms with Crippen LogP contribution in [0.5, 0.6) is 0 Å². The zero-order valence-corrected chi connectivity index (χ0v) is 12.2. The van der Waals surface area contributed by atoms with Gasteiger partial charge in [-0.3, -0.25) is 20.2 Å². The van der Waals surface area contributed by atoms with Crippen molar-refractivity contribution in [2.24, 2.45) is 0 Å². The van der Waals surface area contributed by atoms with Crippen molar-refractivity contribution in [2.75, 3.05) is 5.32 Å². The lowest BCUT2D eigenvalue weighted by atomic mass is 10.2. The van der Waals surface area contributed by atoms with E-state index in [4.69, 9.17) is 12.2 Å². The van der Waals surface area contributed by atoms with Gasteiger partial charge in [0.2, 0.25) is 5.82 Å². The summed E-state index contributed by atoms with van der Waals surface area (Å²) < 4.78 is 26.3. The third-order valence-corrected chi connectivity index (χ3v) is 2.92. The van der Waals surface area contributed by atoms with Gasteiger partial charge >= 0.3 is 5.69 Å². The number of nitro groups is 1. The van der Waals surface area contributed by atoms with E-state index in [1.165, 1.54) is 24.3 Å². The smallest absolute Gasteiger partial charge is 0.306 e. The molecule has 0 spiro atoms. The van der Waals surface area contributed by atoms with E-state index in [9.17, 15) is 23.7 Å². The number of halogens is 2. The minimum atomic E-state index is -0.990. The van der Waals surface area contributed by atoms with Crippen LogP contribution in [0.3, 0.4) is 0 Å². The highest BCUT2D eigenvalue weighted by atomic mass is 32.1. The number of hydrogen-bond acceptors (Lipinski definition) is 4. The first kappa shape index (κ1) is 16.4. The fourth-order valence-electron chi connectivity index (χ4n) is 1.70. The van der Waals surface area contributed by atoms with E-state index >= 15 is 0 Å². The van der Waals surface area contributed by atoms with E-state index in [0.29, 0.717) is 0 Å². The highest BCUT2D eigenvalue weighted by Gasteiger charge is 2.15. The predicted molar refractivity (Wildman–Crippen MR) is 83.1 cm³/mol. The van der Waals surface area contributed by atoms with Crippen LogP contribution in [-0.2, 0) is 0 Å². The van der Waals surface area contributed by atoms with Crippen LogP contribution in [0.2, 0.25) is 0 Å². The minimum absolute atomic E-state index is 0.0548. The van der Waals surface area contributed by atoms with Crippen molar-refractivity contribution in [3.8, 4) is 0 Å². The Kier molecular flexibility index (Phi) is 4.91. The maximum atomic E-state index is 13.2. The molecular formula is C14H9F2N3O3S. The van der Waals surface area contributed by atoms with E-state index in [2.05, 4.69) is 10.6 Å². The van der Waals surface area contributed by atoms with Crippen molar-refractivity contribution in [2.45, 2.75) is 0 Å². The molecule has 118 valence electrons. The summed E-state index contributed by atoms with van der Waals surface area (Å²) in [6.45, 7) is 0. The minimum Gasteiger partial charge on any atom is -0.332 e. The number of rotatable bonds is 3. The molecule has 0 atom stereocenters. The number of carbonyl (C=O) groups excluding carboxylic acids is 1. The monoisotopic (exact) mass is 337 g/mol. The molecule has 0 saturated heterocycles. The van der Waals surface area contributed by atoms with Crippen LogP contribution in [0.4, 0.5) is 20.2 Å². The quantitative estimate of drug-likeness (QED) is 0.511. The summed E-state index contributed by atoms with van der Waals surface area (Å²) in [5.41, 5.74) is -0.545. The molecule has 0 fully saturated rings. The van der Waals surface area contributed by atoms with Crippen LogP contribution in [0.15, 0.2) is 42.5 Å². The van der Waals surface area contributed by atoms with Crippen LogP contribution in [0.25, 0.3) is 0 Å². The second-order valence-corrected chi connectivity index (χ2v) is 4.75. The van der Waals surface area contributed by atoms with Crippen LogP contribution in [0.1, 0.15) is 10.4 Å². The molecule has 2 aromatic rings. The maximum Gasteiger partial charge on any atom is 0.306 e. The third kappa shape index (κ3) is 4.27. The Bertz CT molecular complexity index is 799. The average Bonchev–Trinajstić information content (AvgIpc) is 2.48. The number of benzene rings is 2. The fraction of sp³-hybridized carbons (Fsp3) is 0. The van der Waals surface area contributed by atoms with Crippen LogP contribution >= 0.6 is 12.2 Å². The van der Waals surface area contributed by atoms with Crippen LogP contribution in [0, 0.1) is 21.7 Å². The van der Waals surface area contributed by atoms with E-state index in [1.807, 2.05) is 0 Å². The Morgan fingerprint density at radius 3 is 2.57 bits per heavy atom. The molecule has 0 aliphatic rings. The van der Waals surface area contributed by atoms with Gasteiger partial charge in [0.1, 0.15) is 5.82 Å². The molecule has 0 radical (unpaired) electrons. The Labute approximate surface area is 134 Å². The molecule has 0 unspecified atom stereocenters. The molecule has 0 saturated carbocycles. The molecule has 0 aliphatic heterocycles. The van der Waals surface area contributed by atoms with Crippen molar-refractivity contribution in [1.82, 2.24) is 5.32 Å². The van der Waals surface area contributed by atoms with Gasteiger partial charge in [-0.15, -0.1) is 0 Å². The topological polar surface area (TPSA) is 84.3 Å². The molecule has 0 heterocycles. The van der Waals surface area contributed by atoms with Crippen molar-refractivity contribution in [1.29, 1.82) is 0 Å². The highest BCUT2D eigenvalue weighted by molar-refractivity contribution is 7.80. The molecule has 0 aliphatic carbocycles. The third-order valence-electron chi connectivity index (χ3n) is 2.71.